The van der Waals surface area contributed by atoms with Crippen molar-refractivity contribution in [2.75, 3.05) is 6.54 Å². The second kappa shape index (κ2) is 5.58. The third-order valence-corrected chi connectivity index (χ3v) is 1.09. The van der Waals surface area contributed by atoms with Crippen molar-refractivity contribution < 1.29 is 4.39 Å². The van der Waals surface area contributed by atoms with Gasteiger partial charge in [0.25, 0.3) is 0 Å². The molecule has 0 saturated carbocycles. The van der Waals surface area contributed by atoms with Crippen molar-refractivity contribution >= 4 is 0 Å². The van der Waals surface area contributed by atoms with Crippen molar-refractivity contribution in [2.45, 2.75) is 25.4 Å². The molecule has 0 spiro atoms. The Morgan fingerprint density at radius 1 is 1.67 bits per heavy atom. The standard InChI is InChI=1S/C7H12FN/c1-2-3-4-5-7(8)6-9/h1,7H,3-6,9H2/t7-/m1/s1. The zero-order chi connectivity index (χ0) is 7.11. The highest BCUT2D eigenvalue weighted by atomic mass is 19.1. The lowest BCUT2D eigenvalue weighted by molar-refractivity contribution is 0.317. The summed E-state index contributed by atoms with van der Waals surface area (Å²) in [5.41, 5.74) is 5.03. The maximum Gasteiger partial charge on any atom is 0.112 e. The fraction of sp³-hybridized carbons (Fsp3) is 0.714. The molecule has 0 amide bonds. The Kier molecular flexibility index (Phi) is 5.24. The Bertz CT molecular complexity index is 95.6. The summed E-state index contributed by atoms with van der Waals surface area (Å²) in [6.07, 6.45) is 5.99. The molecule has 0 rings (SSSR count). The predicted octanol–water partition coefficient (Wildman–Crippen LogP) is 1.09. The minimum atomic E-state index is -0.863. The first-order valence-electron chi connectivity index (χ1n) is 3.09. The summed E-state index contributed by atoms with van der Waals surface area (Å²) < 4.78 is 12.3. The van der Waals surface area contributed by atoms with Gasteiger partial charge in [-0.1, -0.05) is 0 Å². The van der Waals surface area contributed by atoms with Gasteiger partial charge < -0.3 is 5.73 Å². The SMILES string of the molecule is C#CCCC[C@@H](F)CN. The van der Waals surface area contributed by atoms with Crippen LogP contribution in [0.3, 0.4) is 0 Å². The highest BCUT2D eigenvalue weighted by Gasteiger charge is 2.00. The average molecular weight is 129 g/mol. The fourth-order valence-electron chi connectivity index (χ4n) is 0.543. The molecule has 0 saturated heterocycles. The van der Waals surface area contributed by atoms with Gasteiger partial charge in [-0.05, 0) is 12.8 Å². The van der Waals surface area contributed by atoms with Crippen LogP contribution in [-0.4, -0.2) is 12.7 Å². The molecular weight excluding hydrogens is 117 g/mol. The molecule has 2 N–H and O–H groups in total. The van der Waals surface area contributed by atoms with Crippen LogP contribution in [0.2, 0.25) is 0 Å². The van der Waals surface area contributed by atoms with Gasteiger partial charge >= 0.3 is 0 Å². The van der Waals surface area contributed by atoms with E-state index in [2.05, 4.69) is 5.92 Å². The van der Waals surface area contributed by atoms with E-state index in [1.807, 2.05) is 0 Å². The van der Waals surface area contributed by atoms with E-state index in [9.17, 15) is 4.39 Å². The molecule has 2 heteroatoms. The Labute approximate surface area is 55.4 Å². The molecule has 1 nitrogen and oxygen atoms in total. The van der Waals surface area contributed by atoms with Gasteiger partial charge in [-0.15, -0.1) is 12.3 Å². The maximum absolute atomic E-state index is 12.3. The second-order valence-electron chi connectivity index (χ2n) is 1.93. The molecule has 9 heavy (non-hydrogen) atoms. The zero-order valence-corrected chi connectivity index (χ0v) is 5.44. The minimum Gasteiger partial charge on any atom is -0.328 e. The van der Waals surface area contributed by atoms with Crippen LogP contribution in [0.5, 0.6) is 0 Å². The van der Waals surface area contributed by atoms with Crippen molar-refractivity contribution in [1.82, 2.24) is 0 Å². The molecule has 0 aromatic heterocycles. The number of hydrogen-bond donors (Lipinski definition) is 1. The van der Waals surface area contributed by atoms with Crippen molar-refractivity contribution in [1.29, 1.82) is 0 Å². The topological polar surface area (TPSA) is 26.0 Å². The van der Waals surface area contributed by atoms with Gasteiger partial charge in [-0.3, -0.25) is 0 Å². The minimum absolute atomic E-state index is 0.116. The number of terminal acetylenes is 1. The van der Waals surface area contributed by atoms with Gasteiger partial charge in [-0.2, -0.15) is 0 Å². The summed E-state index contributed by atoms with van der Waals surface area (Å²) in [4.78, 5) is 0. The van der Waals surface area contributed by atoms with Crippen LogP contribution >= 0.6 is 0 Å². The molecule has 0 aliphatic rings. The van der Waals surface area contributed by atoms with Crippen LogP contribution in [0.4, 0.5) is 4.39 Å². The van der Waals surface area contributed by atoms with E-state index < -0.39 is 6.17 Å². The fourth-order valence-corrected chi connectivity index (χ4v) is 0.543. The van der Waals surface area contributed by atoms with E-state index in [-0.39, 0.29) is 6.54 Å². The average Bonchev–Trinajstić information content (AvgIpc) is 1.89. The quantitative estimate of drug-likeness (QED) is 0.446. The Morgan fingerprint density at radius 3 is 2.78 bits per heavy atom. The molecule has 52 valence electrons. The first-order valence-corrected chi connectivity index (χ1v) is 3.09. The summed E-state index contributed by atoms with van der Waals surface area (Å²) in [6, 6.07) is 0. The van der Waals surface area contributed by atoms with Gasteiger partial charge in [0.2, 0.25) is 0 Å². The lowest BCUT2D eigenvalue weighted by Crippen LogP contribution is -2.14. The van der Waals surface area contributed by atoms with E-state index in [1.54, 1.807) is 0 Å². The largest absolute Gasteiger partial charge is 0.328 e. The van der Waals surface area contributed by atoms with Crippen LogP contribution in [0.15, 0.2) is 0 Å². The zero-order valence-electron chi connectivity index (χ0n) is 5.44. The first-order chi connectivity index (χ1) is 4.31. The third-order valence-electron chi connectivity index (χ3n) is 1.09. The van der Waals surface area contributed by atoms with E-state index in [0.717, 1.165) is 6.42 Å². The maximum atomic E-state index is 12.3. The lowest BCUT2D eigenvalue weighted by atomic mass is 10.2. The van der Waals surface area contributed by atoms with E-state index in [1.165, 1.54) is 0 Å². The van der Waals surface area contributed by atoms with E-state index in [4.69, 9.17) is 12.2 Å². The number of nitrogens with two attached hydrogens (primary N) is 1. The van der Waals surface area contributed by atoms with Crippen LogP contribution < -0.4 is 5.73 Å². The molecule has 0 bridgehead atoms. The molecule has 0 fully saturated rings. The Hall–Kier alpha value is -0.550. The normalized spacial score (nSPS) is 12.6. The van der Waals surface area contributed by atoms with Crippen molar-refractivity contribution in [2.24, 2.45) is 5.73 Å². The molecule has 0 aliphatic heterocycles. The highest BCUT2D eigenvalue weighted by Crippen LogP contribution is 2.01. The molecule has 1 atom stereocenters. The number of halogens is 1. The summed E-state index contributed by atoms with van der Waals surface area (Å²) in [5.74, 6) is 2.44. The molecule has 0 aromatic rings. The second-order valence-corrected chi connectivity index (χ2v) is 1.93. The number of alkyl halides is 1. The van der Waals surface area contributed by atoms with E-state index in [0.29, 0.717) is 12.8 Å². The van der Waals surface area contributed by atoms with Crippen LogP contribution in [0.25, 0.3) is 0 Å². The molecule has 0 radical (unpaired) electrons. The Balaban J connectivity index is 2.99. The lowest BCUT2D eigenvalue weighted by Gasteiger charge is -2.00. The summed E-state index contributed by atoms with van der Waals surface area (Å²) in [7, 11) is 0. The van der Waals surface area contributed by atoms with Crippen LogP contribution in [0.1, 0.15) is 19.3 Å². The van der Waals surface area contributed by atoms with E-state index >= 15 is 0 Å². The van der Waals surface area contributed by atoms with Gasteiger partial charge in [0.15, 0.2) is 0 Å². The third kappa shape index (κ3) is 5.32. The number of unbranched alkanes of at least 4 members (excludes halogenated alkanes) is 1. The van der Waals surface area contributed by atoms with Crippen LogP contribution in [0, 0.1) is 12.3 Å². The summed E-state index contributed by atoms with van der Waals surface area (Å²) in [6.45, 7) is 0.116. The van der Waals surface area contributed by atoms with Gasteiger partial charge in [-0.25, -0.2) is 4.39 Å². The van der Waals surface area contributed by atoms with Gasteiger partial charge in [0.1, 0.15) is 6.17 Å². The van der Waals surface area contributed by atoms with Crippen LogP contribution in [-0.2, 0) is 0 Å². The smallest absolute Gasteiger partial charge is 0.112 e. The molecule has 0 aliphatic carbocycles. The molecule has 0 aromatic carbocycles. The number of rotatable bonds is 4. The monoisotopic (exact) mass is 129 g/mol. The Morgan fingerprint density at radius 2 is 2.33 bits per heavy atom. The van der Waals surface area contributed by atoms with Crippen molar-refractivity contribution in [3.8, 4) is 12.3 Å². The molecular formula is C7H12FN. The molecule has 0 heterocycles. The summed E-state index contributed by atoms with van der Waals surface area (Å²) >= 11 is 0. The number of hydrogen-bond acceptors (Lipinski definition) is 1. The highest BCUT2D eigenvalue weighted by molar-refractivity contribution is 4.83. The van der Waals surface area contributed by atoms with Crippen molar-refractivity contribution in [3.05, 3.63) is 0 Å². The molecule has 0 unspecified atom stereocenters. The van der Waals surface area contributed by atoms with Gasteiger partial charge in [0, 0.05) is 13.0 Å². The van der Waals surface area contributed by atoms with Gasteiger partial charge in [0.05, 0.1) is 0 Å². The predicted molar refractivity (Wildman–Crippen MR) is 36.6 cm³/mol. The first kappa shape index (κ1) is 8.45. The van der Waals surface area contributed by atoms with Crippen molar-refractivity contribution in [3.63, 3.8) is 0 Å². The summed E-state index contributed by atoms with van der Waals surface area (Å²) in [5, 5.41) is 0.